The average Bonchev–Trinajstić information content (AvgIpc) is 2.83. The van der Waals surface area contributed by atoms with Gasteiger partial charge in [0.05, 0.1) is 12.7 Å². The van der Waals surface area contributed by atoms with Crippen LogP contribution in [0, 0.1) is 0 Å². The first kappa shape index (κ1) is 14.2. The lowest BCUT2D eigenvalue weighted by Gasteiger charge is -2.24. The number of ether oxygens (including phenoxy) is 2. The van der Waals surface area contributed by atoms with E-state index in [-0.39, 0.29) is 6.04 Å². The molecule has 1 aromatic rings. The largest absolute Gasteiger partial charge is 0.497 e. The molecular formula is C15H23NO3. The number of hydrogen-bond acceptors (Lipinski definition) is 4. The molecule has 0 bridgehead atoms. The summed E-state index contributed by atoms with van der Waals surface area (Å²) in [6, 6.07) is 5.50. The molecule has 0 radical (unpaired) electrons. The monoisotopic (exact) mass is 265 g/mol. The molecular weight excluding hydrogens is 242 g/mol. The Kier molecular flexibility index (Phi) is 4.32. The molecule has 4 nitrogen and oxygen atoms in total. The van der Waals surface area contributed by atoms with Crippen molar-refractivity contribution in [2.24, 2.45) is 5.73 Å². The van der Waals surface area contributed by atoms with Crippen LogP contribution in [0.1, 0.15) is 44.2 Å². The predicted molar refractivity (Wildman–Crippen MR) is 74.5 cm³/mol. The van der Waals surface area contributed by atoms with Crippen LogP contribution in [0.2, 0.25) is 0 Å². The van der Waals surface area contributed by atoms with Crippen molar-refractivity contribution in [2.75, 3.05) is 13.7 Å². The van der Waals surface area contributed by atoms with Crippen LogP contribution in [0.4, 0.5) is 0 Å². The third kappa shape index (κ3) is 3.39. The van der Waals surface area contributed by atoms with Crippen molar-refractivity contribution in [3.05, 3.63) is 23.8 Å². The number of benzene rings is 1. The molecule has 2 rings (SSSR count). The maximum Gasteiger partial charge on any atom is 0.127 e. The molecule has 1 fully saturated rings. The Balaban J connectivity index is 2.13. The summed E-state index contributed by atoms with van der Waals surface area (Å²) < 4.78 is 11.0. The number of nitrogens with two attached hydrogens (primary N) is 1. The lowest BCUT2D eigenvalue weighted by Crippen LogP contribution is -2.32. The first-order chi connectivity index (χ1) is 9.04. The van der Waals surface area contributed by atoms with Crippen LogP contribution in [-0.4, -0.2) is 24.4 Å². The van der Waals surface area contributed by atoms with E-state index in [0.717, 1.165) is 37.0 Å². The van der Waals surface area contributed by atoms with E-state index in [0.29, 0.717) is 12.4 Å². The van der Waals surface area contributed by atoms with Gasteiger partial charge in [-0.3, -0.25) is 0 Å². The van der Waals surface area contributed by atoms with Gasteiger partial charge in [0.2, 0.25) is 0 Å². The van der Waals surface area contributed by atoms with Crippen LogP contribution in [0.3, 0.4) is 0 Å². The topological polar surface area (TPSA) is 64.7 Å². The minimum Gasteiger partial charge on any atom is -0.497 e. The van der Waals surface area contributed by atoms with Gasteiger partial charge < -0.3 is 20.3 Å². The third-order valence-corrected chi connectivity index (χ3v) is 3.74. The Labute approximate surface area is 114 Å². The summed E-state index contributed by atoms with van der Waals surface area (Å²) >= 11 is 0. The minimum absolute atomic E-state index is 0.112. The summed E-state index contributed by atoms with van der Waals surface area (Å²) in [4.78, 5) is 0. The molecule has 0 amide bonds. The van der Waals surface area contributed by atoms with E-state index in [1.165, 1.54) is 0 Å². The number of aliphatic hydroxyl groups is 1. The summed E-state index contributed by atoms with van der Waals surface area (Å²) in [6.07, 6.45) is 3.76. The van der Waals surface area contributed by atoms with Crippen molar-refractivity contribution in [1.82, 2.24) is 0 Å². The Morgan fingerprint density at radius 1 is 1.37 bits per heavy atom. The van der Waals surface area contributed by atoms with Gasteiger partial charge in [0, 0.05) is 17.7 Å². The summed E-state index contributed by atoms with van der Waals surface area (Å²) in [5.74, 6) is 1.44. The van der Waals surface area contributed by atoms with Gasteiger partial charge in [0.1, 0.15) is 18.1 Å². The lowest BCUT2D eigenvalue weighted by atomic mass is 10.0. The fraction of sp³-hybridized carbons (Fsp3) is 0.600. The van der Waals surface area contributed by atoms with Crippen LogP contribution >= 0.6 is 0 Å². The maximum atomic E-state index is 10.3. The lowest BCUT2D eigenvalue weighted by molar-refractivity contribution is 0.000996. The van der Waals surface area contributed by atoms with Crippen LogP contribution < -0.4 is 15.2 Å². The fourth-order valence-corrected chi connectivity index (χ4v) is 2.53. The summed E-state index contributed by atoms with van der Waals surface area (Å²) in [6.45, 7) is 2.23. The van der Waals surface area contributed by atoms with E-state index in [1.54, 1.807) is 7.11 Å². The molecule has 1 aromatic carbocycles. The third-order valence-electron chi connectivity index (χ3n) is 3.74. The van der Waals surface area contributed by atoms with Gasteiger partial charge in [-0.25, -0.2) is 0 Å². The van der Waals surface area contributed by atoms with E-state index in [2.05, 4.69) is 0 Å². The molecule has 0 unspecified atom stereocenters. The van der Waals surface area contributed by atoms with Gasteiger partial charge in [-0.2, -0.15) is 0 Å². The molecule has 1 aliphatic carbocycles. The van der Waals surface area contributed by atoms with E-state index in [9.17, 15) is 5.11 Å². The van der Waals surface area contributed by atoms with Crippen LogP contribution in [0.5, 0.6) is 11.5 Å². The second kappa shape index (κ2) is 5.80. The molecule has 0 heterocycles. The second-order valence-corrected chi connectivity index (χ2v) is 5.41. The normalized spacial score (nSPS) is 19.2. The van der Waals surface area contributed by atoms with Crippen molar-refractivity contribution in [3.63, 3.8) is 0 Å². The molecule has 1 saturated carbocycles. The van der Waals surface area contributed by atoms with Gasteiger partial charge >= 0.3 is 0 Å². The summed E-state index contributed by atoms with van der Waals surface area (Å²) in [5.41, 5.74) is 6.19. The molecule has 0 saturated heterocycles. The smallest absolute Gasteiger partial charge is 0.127 e. The van der Waals surface area contributed by atoms with Crippen molar-refractivity contribution in [1.29, 1.82) is 0 Å². The minimum atomic E-state index is -0.682. The molecule has 1 aliphatic rings. The highest BCUT2D eigenvalue weighted by atomic mass is 16.5. The van der Waals surface area contributed by atoms with Crippen molar-refractivity contribution in [2.45, 2.75) is 44.2 Å². The van der Waals surface area contributed by atoms with Crippen molar-refractivity contribution >= 4 is 0 Å². The zero-order chi connectivity index (χ0) is 13.9. The van der Waals surface area contributed by atoms with Crippen molar-refractivity contribution < 1.29 is 14.6 Å². The van der Waals surface area contributed by atoms with E-state index < -0.39 is 5.60 Å². The first-order valence-electron chi connectivity index (χ1n) is 6.83. The van der Waals surface area contributed by atoms with E-state index in [1.807, 2.05) is 25.1 Å². The van der Waals surface area contributed by atoms with Gasteiger partial charge in [0.25, 0.3) is 0 Å². The predicted octanol–water partition coefficient (Wildman–Crippen LogP) is 2.40. The number of methoxy groups -OCH3 is 1. The van der Waals surface area contributed by atoms with E-state index >= 15 is 0 Å². The van der Waals surface area contributed by atoms with Gasteiger partial charge in [0.15, 0.2) is 0 Å². The Morgan fingerprint density at radius 3 is 2.63 bits per heavy atom. The van der Waals surface area contributed by atoms with Crippen molar-refractivity contribution in [3.8, 4) is 11.5 Å². The van der Waals surface area contributed by atoms with Gasteiger partial charge in [-0.05, 0) is 25.8 Å². The summed E-state index contributed by atoms with van der Waals surface area (Å²) in [7, 11) is 1.62. The molecule has 0 aromatic heterocycles. The Hall–Kier alpha value is -1.26. The van der Waals surface area contributed by atoms with Gasteiger partial charge in [-0.1, -0.05) is 18.9 Å². The van der Waals surface area contributed by atoms with Crippen LogP contribution in [0.15, 0.2) is 18.2 Å². The average molecular weight is 265 g/mol. The highest BCUT2D eigenvalue weighted by molar-refractivity contribution is 5.42. The Bertz CT molecular complexity index is 425. The highest BCUT2D eigenvalue weighted by Gasteiger charge is 2.32. The highest BCUT2D eigenvalue weighted by Crippen LogP contribution is 2.33. The first-order valence-corrected chi connectivity index (χ1v) is 6.83. The Morgan fingerprint density at radius 2 is 2.05 bits per heavy atom. The number of hydrogen-bond donors (Lipinski definition) is 2. The van der Waals surface area contributed by atoms with Gasteiger partial charge in [-0.15, -0.1) is 0 Å². The maximum absolute atomic E-state index is 10.3. The summed E-state index contributed by atoms with van der Waals surface area (Å²) in [5, 5.41) is 10.3. The molecule has 19 heavy (non-hydrogen) atoms. The SMILES string of the molecule is COc1ccc([C@H](C)N)c(OCC2(O)CCCC2)c1. The molecule has 1 atom stereocenters. The van der Waals surface area contributed by atoms with Crippen LogP contribution in [0.25, 0.3) is 0 Å². The molecule has 0 spiro atoms. The standard InChI is InChI=1S/C15H23NO3/c1-11(16)13-6-5-12(18-2)9-14(13)19-10-15(17)7-3-4-8-15/h5-6,9,11,17H,3-4,7-8,10,16H2,1-2H3/t11-/m0/s1. The second-order valence-electron chi connectivity index (χ2n) is 5.41. The van der Waals surface area contributed by atoms with Crippen LogP contribution in [-0.2, 0) is 0 Å². The molecule has 3 N–H and O–H groups in total. The molecule has 0 aliphatic heterocycles. The fourth-order valence-electron chi connectivity index (χ4n) is 2.53. The molecule has 4 heteroatoms. The molecule has 106 valence electrons. The number of rotatable bonds is 5. The zero-order valence-electron chi connectivity index (χ0n) is 11.7. The van der Waals surface area contributed by atoms with E-state index in [4.69, 9.17) is 15.2 Å². The quantitative estimate of drug-likeness (QED) is 0.858. The zero-order valence-corrected chi connectivity index (χ0v) is 11.7.